The van der Waals surface area contributed by atoms with Crippen molar-refractivity contribution in [1.29, 1.82) is 0 Å². The van der Waals surface area contributed by atoms with E-state index < -0.39 is 0 Å². The molecule has 1 heterocycles. The lowest BCUT2D eigenvalue weighted by Crippen LogP contribution is -2.11. The van der Waals surface area contributed by atoms with Crippen LogP contribution in [-0.4, -0.2) is 30.9 Å². The number of aryl methyl sites for hydroxylation is 1. The highest BCUT2D eigenvalue weighted by atomic mass is 16.5. The monoisotopic (exact) mass is 307 g/mol. The minimum absolute atomic E-state index is 0.0648. The Labute approximate surface area is 136 Å². The van der Waals surface area contributed by atoms with Crippen LogP contribution in [-0.2, 0) is 0 Å². The lowest BCUT2D eigenvalue weighted by atomic mass is 10.1. The summed E-state index contributed by atoms with van der Waals surface area (Å²) in [5.74, 6) is 0.999. The molecule has 3 heteroatoms. The molecule has 126 valence electrons. The Bertz CT molecular complexity index is 358. The van der Waals surface area contributed by atoms with Crippen molar-refractivity contribution in [3.63, 3.8) is 0 Å². The molecule has 0 aliphatic carbocycles. The topological polar surface area (TPSA) is 41.5 Å². The molecule has 0 spiro atoms. The summed E-state index contributed by atoms with van der Waals surface area (Å²) in [6.45, 7) is 6.98. The van der Waals surface area contributed by atoms with E-state index in [-0.39, 0.29) is 6.10 Å². The molecule has 1 aliphatic heterocycles. The number of rotatable bonds is 8. The molecule has 1 atom stereocenters. The van der Waals surface area contributed by atoms with E-state index in [0.717, 1.165) is 31.9 Å². The van der Waals surface area contributed by atoms with Crippen molar-refractivity contribution in [2.24, 2.45) is 0 Å². The molecule has 1 saturated heterocycles. The number of β-amino-alcohol motifs (C(OH)–C–C–N with tert-alkyl or cyclic N) is 1. The lowest BCUT2D eigenvalue weighted by Gasteiger charge is -2.06. The van der Waals surface area contributed by atoms with Crippen LogP contribution in [0.3, 0.4) is 0 Å². The van der Waals surface area contributed by atoms with Crippen LogP contribution < -0.4 is 10.1 Å². The van der Waals surface area contributed by atoms with Crippen molar-refractivity contribution >= 4 is 0 Å². The SMILES string of the molecule is CCCCCCCCOc1ccc(C)cc1.OC1CCNC1. The standard InChI is InChI=1S/C15H24O.C4H9NO/c1-3-4-5-6-7-8-13-16-15-11-9-14(2)10-12-15;6-4-1-2-5-3-4/h9-12H,3-8,13H2,1-2H3;4-6H,1-3H2. The molecule has 1 aliphatic rings. The van der Waals surface area contributed by atoms with Gasteiger partial charge in [-0.15, -0.1) is 0 Å². The van der Waals surface area contributed by atoms with E-state index in [9.17, 15) is 0 Å². The van der Waals surface area contributed by atoms with Crippen LogP contribution in [0.2, 0.25) is 0 Å². The van der Waals surface area contributed by atoms with Crippen molar-refractivity contribution in [2.75, 3.05) is 19.7 Å². The predicted octanol–water partition coefficient (Wildman–Crippen LogP) is 4.07. The number of nitrogens with one attached hydrogen (secondary N) is 1. The van der Waals surface area contributed by atoms with Gasteiger partial charge in [0.2, 0.25) is 0 Å². The molecule has 0 bridgehead atoms. The first-order valence-corrected chi connectivity index (χ1v) is 8.80. The van der Waals surface area contributed by atoms with E-state index in [1.165, 1.54) is 44.1 Å². The number of ether oxygens (including phenoxy) is 1. The van der Waals surface area contributed by atoms with Gasteiger partial charge in [0, 0.05) is 6.54 Å². The van der Waals surface area contributed by atoms with Crippen molar-refractivity contribution < 1.29 is 9.84 Å². The van der Waals surface area contributed by atoms with Crippen LogP contribution in [0.4, 0.5) is 0 Å². The zero-order valence-electron chi connectivity index (χ0n) is 14.3. The highest BCUT2D eigenvalue weighted by Gasteiger charge is 2.08. The maximum absolute atomic E-state index is 8.67. The van der Waals surface area contributed by atoms with Crippen LogP contribution in [0, 0.1) is 6.92 Å². The summed E-state index contributed by atoms with van der Waals surface area (Å²) in [4.78, 5) is 0. The van der Waals surface area contributed by atoms with Gasteiger partial charge in [0.1, 0.15) is 5.75 Å². The largest absolute Gasteiger partial charge is 0.494 e. The normalized spacial score (nSPS) is 17.0. The smallest absolute Gasteiger partial charge is 0.119 e. The Kier molecular flexibility index (Phi) is 10.8. The van der Waals surface area contributed by atoms with Gasteiger partial charge in [-0.05, 0) is 38.4 Å². The van der Waals surface area contributed by atoms with Gasteiger partial charge in [0.25, 0.3) is 0 Å². The third-order valence-corrected chi connectivity index (χ3v) is 3.82. The maximum atomic E-state index is 8.67. The second-order valence-corrected chi connectivity index (χ2v) is 6.08. The van der Waals surface area contributed by atoms with E-state index in [4.69, 9.17) is 9.84 Å². The first-order chi connectivity index (χ1) is 10.7. The van der Waals surface area contributed by atoms with Crippen molar-refractivity contribution in [2.45, 2.75) is 64.9 Å². The van der Waals surface area contributed by atoms with Crippen LogP contribution in [0.1, 0.15) is 57.4 Å². The molecular weight excluding hydrogens is 274 g/mol. The fourth-order valence-corrected chi connectivity index (χ4v) is 2.35. The van der Waals surface area contributed by atoms with Crippen LogP contribution >= 0.6 is 0 Å². The number of hydrogen-bond donors (Lipinski definition) is 2. The summed E-state index contributed by atoms with van der Waals surface area (Å²) in [6.07, 6.45) is 8.76. The second kappa shape index (κ2) is 12.5. The minimum atomic E-state index is -0.0648. The van der Waals surface area contributed by atoms with Gasteiger partial charge in [-0.1, -0.05) is 56.7 Å². The van der Waals surface area contributed by atoms with Crippen molar-refractivity contribution in [3.8, 4) is 5.75 Å². The highest BCUT2D eigenvalue weighted by molar-refractivity contribution is 5.26. The maximum Gasteiger partial charge on any atom is 0.119 e. The average Bonchev–Trinajstić information content (AvgIpc) is 3.00. The molecular formula is C19H33NO2. The Morgan fingerprint density at radius 3 is 2.32 bits per heavy atom. The first kappa shape index (κ1) is 19.0. The summed E-state index contributed by atoms with van der Waals surface area (Å²) in [6, 6.07) is 8.28. The van der Waals surface area contributed by atoms with Crippen molar-refractivity contribution in [1.82, 2.24) is 5.32 Å². The summed E-state index contributed by atoms with van der Waals surface area (Å²) in [5, 5.41) is 11.7. The van der Waals surface area contributed by atoms with Gasteiger partial charge in [-0.3, -0.25) is 0 Å². The molecule has 0 saturated carbocycles. The first-order valence-electron chi connectivity index (χ1n) is 8.80. The summed E-state index contributed by atoms with van der Waals surface area (Å²) in [5.41, 5.74) is 1.28. The minimum Gasteiger partial charge on any atom is -0.494 e. The molecule has 22 heavy (non-hydrogen) atoms. The zero-order chi connectivity index (χ0) is 16.0. The summed E-state index contributed by atoms with van der Waals surface area (Å²) < 4.78 is 5.67. The van der Waals surface area contributed by atoms with Gasteiger partial charge in [0.05, 0.1) is 12.7 Å². The third-order valence-electron chi connectivity index (χ3n) is 3.82. The molecule has 2 N–H and O–H groups in total. The molecule has 1 fully saturated rings. The second-order valence-electron chi connectivity index (χ2n) is 6.08. The summed E-state index contributed by atoms with van der Waals surface area (Å²) in [7, 11) is 0. The van der Waals surface area contributed by atoms with Gasteiger partial charge in [-0.25, -0.2) is 0 Å². The summed E-state index contributed by atoms with van der Waals surface area (Å²) >= 11 is 0. The molecule has 0 amide bonds. The number of aliphatic hydroxyl groups excluding tert-OH is 1. The highest BCUT2D eigenvalue weighted by Crippen LogP contribution is 2.12. The van der Waals surface area contributed by atoms with Gasteiger partial charge in [-0.2, -0.15) is 0 Å². The van der Waals surface area contributed by atoms with E-state index >= 15 is 0 Å². The quantitative estimate of drug-likeness (QED) is 0.711. The van der Waals surface area contributed by atoms with Gasteiger partial charge < -0.3 is 15.2 Å². The number of hydrogen-bond acceptors (Lipinski definition) is 3. The molecule has 3 nitrogen and oxygen atoms in total. The number of benzene rings is 1. The molecule has 1 unspecified atom stereocenters. The predicted molar refractivity (Wildman–Crippen MR) is 93.5 cm³/mol. The average molecular weight is 307 g/mol. The van der Waals surface area contributed by atoms with Crippen LogP contribution in [0.5, 0.6) is 5.75 Å². The van der Waals surface area contributed by atoms with Gasteiger partial charge in [0.15, 0.2) is 0 Å². The van der Waals surface area contributed by atoms with E-state index in [1.54, 1.807) is 0 Å². The molecule has 2 rings (SSSR count). The molecule has 0 radical (unpaired) electrons. The van der Waals surface area contributed by atoms with E-state index in [1.807, 2.05) is 12.1 Å². The fourth-order valence-electron chi connectivity index (χ4n) is 2.35. The number of aliphatic hydroxyl groups is 1. The van der Waals surface area contributed by atoms with Crippen molar-refractivity contribution in [3.05, 3.63) is 29.8 Å². The molecule has 1 aromatic rings. The molecule has 1 aromatic carbocycles. The van der Waals surface area contributed by atoms with Crippen LogP contribution in [0.25, 0.3) is 0 Å². The molecule has 0 aromatic heterocycles. The zero-order valence-corrected chi connectivity index (χ0v) is 14.3. The number of unbranched alkanes of at least 4 members (excludes halogenated alkanes) is 5. The third kappa shape index (κ3) is 9.80. The Morgan fingerprint density at radius 2 is 1.77 bits per heavy atom. The van der Waals surface area contributed by atoms with Gasteiger partial charge >= 0.3 is 0 Å². The fraction of sp³-hybridized carbons (Fsp3) is 0.684. The van der Waals surface area contributed by atoms with E-state index in [0.29, 0.717) is 0 Å². The van der Waals surface area contributed by atoms with E-state index in [2.05, 4.69) is 31.3 Å². The van der Waals surface area contributed by atoms with Crippen LogP contribution in [0.15, 0.2) is 24.3 Å². The Hall–Kier alpha value is -1.06. The Morgan fingerprint density at radius 1 is 1.09 bits per heavy atom. The Balaban J connectivity index is 0.000000335. The lowest BCUT2D eigenvalue weighted by molar-refractivity contribution is 0.196.